The molecule has 3 N–H and O–H groups in total. The van der Waals surface area contributed by atoms with E-state index < -0.39 is 17.8 Å². The van der Waals surface area contributed by atoms with Crippen molar-refractivity contribution in [3.63, 3.8) is 0 Å². The molecule has 1 atom stereocenters. The summed E-state index contributed by atoms with van der Waals surface area (Å²) in [4.78, 5) is 0. The van der Waals surface area contributed by atoms with Crippen LogP contribution >= 0.6 is 0 Å². The highest BCUT2D eigenvalue weighted by atomic mass is 19.4. The van der Waals surface area contributed by atoms with E-state index >= 15 is 0 Å². The summed E-state index contributed by atoms with van der Waals surface area (Å²) < 4.78 is 38.7. The molecule has 0 spiro atoms. The Bertz CT molecular complexity index is 628. The number of benzene rings is 1. The molecular formula is C14H18F3N3O. The van der Waals surface area contributed by atoms with Crippen LogP contribution in [0.5, 0.6) is 0 Å². The van der Waals surface area contributed by atoms with Crippen molar-refractivity contribution in [2.75, 3.05) is 6.54 Å². The lowest BCUT2D eigenvalue weighted by Crippen LogP contribution is -2.38. The molecule has 7 heteroatoms. The van der Waals surface area contributed by atoms with E-state index in [0.29, 0.717) is 5.56 Å². The van der Waals surface area contributed by atoms with Gasteiger partial charge in [-0.2, -0.15) is 18.3 Å². The van der Waals surface area contributed by atoms with E-state index in [2.05, 4.69) is 15.5 Å². The number of fused-ring (bicyclic) bond motifs is 1. The quantitative estimate of drug-likeness (QED) is 0.816. The third kappa shape index (κ3) is 3.54. The van der Waals surface area contributed by atoms with Crippen molar-refractivity contribution in [3.05, 3.63) is 29.5 Å². The van der Waals surface area contributed by atoms with Crippen molar-refractivity contribution < 1.29 is 18.3 Å². The number of rotatable bonds is 3. The number of H-pyrrole nitrogens is 1. The highest BCUT2D eigenvalue weighted by molar-refractivity contribution is 5.85. The van der Waals surface area contributed by atoms with Gasteiger partial charge in [0.15, 0.2) is 0 Å². The summed E-state index contributed by atoms with van der Waals surface area (Å²) in [5.74, 6) is 0. The molecule has 1 heterocycles. The molecule has 116 valence electrons. The monoisotopic (exact) mass is 301 g/mol. The van der Waals surface area contributed by atoms with Gasteiger partial charge in [0.2, 0.25) is 0 Å². The zero-order valence-electron chi connectivity index (χ0n) is 12.0. The molecule has 0 amide bonds. The second-order valence-electron chi connectivity index (χ2n) is 6.01. The van der Waals surface area contributed by atoms with Crippen molar-refractivity contribution in [3.8, 4) is 0 Å². The maximum atomic E-state index is 12.9. The number of hydrogen-bond acceptors (Lipinski definition) is 3. The minimum atomic E-state index is -4.46. The Morgan fingerprint density at radius 1 is 1.29 bits per heavy atom. The zero-order chi connectivity index (χ0) is 15.8. The number of hydrogen-bond donors (Lipinski definition) is 3. The molecule has 0 aliphatic rings. The number of β-amino-alcohol motifs (C(OH)–C–C–N with tert-alkyl or cyclic N) is 1. The van der Waals surface area contributed by atoms with Gasteiger partial charge in [-0.15, -0.1) is 0 Å². The summed E-state index contributed by atoms with van der Waals surface area (Å²) in [6, 6.07) is 2.27. The molecular weight excluding hydrogens is 283 g/mol. The first-order valence-corrected chi connectivity index (χ1v) is 6.56. The largest absolute Gasteiger partial charge is 0.418 e. The third-order valence-corrected chi connectivity index (χ3v) is 3.14. The van der Waals surface area contributed by atoms with Crippen LogP contribution in [0.2, 0.25) is 0 Å². The Hall–Kier alpha value is -1.60. The summed E-state index contributed by atoms with van der Waals surface area (Å²) in [6.45, 7) is 6.08. The van der Waals surface area contributed by atoms with E-state index in [4.69, 9.17) is 0 Å². The Morgan fingerprint density at radius 2 is 1.95 bits per heavy atom. The normalized spacial score (nSPS) is 14.6. The van der Waals surface area contributed by atoms with Crippen LogP contribution in [-0.2, 0) is 6.18 Å². The molecule has 0 unspecified atom stereocenters. The number of nitrogens with one attached hydrogen (secondary N) is 2. The Morgan fingerprint density at radius 3 is 2.52 bits per heavy atom. The average molecular weight is 301 g/mol. The molecule has 2 aromatic rings. The van der Waals surface area contributed by atoms with Gasteiger partial charge in [-0.1, -0.05) is 6.07 Å². The molecule has 0 aliphatic heterocycles. The predicted molar refractivity (Wildman–Crippen MR) is 73.8 cm³/mol. The number of nitrogens with zero attached hydrogens (tertiary/aromatic N) is 1. The van der Waals surface area contributed by atoms with Gasteiger partial charge in [0.25, 0.3) is 0 Å². The van der Waals surface area contributed by atoms with Crippen molar-refractivity contribution in [1.29, 1.82) is 0 Å². The summed E-state index contributed by atoms with van der Waals surface area (Å²) in [5, 5.41) is 19.6. The van der Waals surface area contributed by atoms with Gasteiger partial charge in [0.1, 0.15) is 0 Å². The predicted octanol–water partition coefficient (Wildman–Crippen LogP) is 3.00. The van der Waals surface area contributed by atoms with Gasteiger partial charge >= 0.3 is 6.18 Å². The SMILES string of the molecule is CC(C)(C)NC[C@H](O)c1ccc(C(F)(F)F)c2[nH]ncc12. The first-order chi connectivity index (χ1) is 9.59. The molecule has 2 rings (SSSR count). The van der Waals surface area contributed by atoms with Gasteiger partial charge < -0.3 is 10.4 Å². The molecule has 0 bridgehead atoms. The Labute approximate surface area is 120 Å². The second-order valence-corrected chi connectivity index (χ2v) is 6.01. The first kappa shape index (κ1) is 15.8. The lowest BCUT2D eigenvalue weighted by atomic mass is 10.0. The Kier molecular flexibility index (Phi) is 3.99. The van der Waals surface area contributed by atoms with Crippen LogP contribution in [-0.4, -0.2) is 27.4 Å². The number of aliphatic hydroxyl groups is 1. The van der Waals surface area contributed by atoms with Crippen LogP contribution in [0.3, 0.4) is 0 Å². The lowest BCUT2D eigenvalue weighted by Gasteiger charge is -2.23. The highest BCUT2D eigenvalue weighted by Crippen LogP contribution is 2.36. The van der Waals surface area contributed by atoms with E-state index in [9.17, 15) is 18.3 Å². The van der Waals surface area contributed by atoms with E-state index in [1.807, 2.05) is 20.8 Å². The first-order valence-electron chi connectivity index (χ1n) is 6.56. The topological polar surface area (TPSA) is 60.9 Å². The molecule has 0 saturated carbocycles. The summed E-state index contributed by atoms with van der Waals surface area (Å²) in [6.07, 6.45) is -4.07. The van der Waals surface area contributed by atoms with E-state index in [-0.39, 0.29) is 23.0 Å². The molecule has 0 fully saturated rings. The van der Waals surface area contributed by atoms with Crippen LogP contribution in [0.25, 0.3) is 10.9 Å². The minimum Gasteiger partial charge on any atom is -0.387 e. The van der Waals surface area contributed by atoms with Crippen LogP contribution in [0, 0.1) is 0 Å². The summed E-state index contributed by atoms with van der Waals surface area (Å²) in [5.41, 5.74) is -0.657. The highest BCUT2D eigenvalue weighted by Gasteiger charge is 2.34. The molecule has 0 saturated heterocycles. The maximum absolute atomic E-state index is 12.9. The standard InChI is InChI=1S/C14H18F3N3O/c1-13(2,3)18-7-11(21)8-4-5-10(14(15,16)17)12-9(8)6-19-20-12/h4-6,11,18,21H,7H2,1-3H3,(H,19,20)/t11-/m0/s1. The van der Waals surface area contributed by atoms with Crippen LogP contribution in [0.1, 0.15) is 38.0 Å². The summed E-state index contributed by atoms with van der Waals surface area (Å²) in [7, 11) is 0. The van der Waals surface area contributed by atoms with Crippen molar-refractivity contribution in [1.82, 2.24) is 15.5 Å². The summed E-state index contributed by atoms with van der Waals surface area (Å²) >= 11 is 0. The zero-order valence-corrected chi connectivity index (χ0v) is 12.0. The van der Waals surface area contributed by atoms with E-state index in [1.165, 1.54) is 12.3 Å². The van der Waals surface area contributed by atoms with Crippen LogP contribution in [0.15, 0.2) is 18.3 Å². The van der Waals surface area contributed by atoms with Crippen LogP contribution < -0.4 is 5.32 Å². The molecule has 1 aromatic heterocycles. The van der Waals surface area contributed by atoms with Crippen molar-refractivity contribution in [2.45, 2.75) is 38.6 Å². The fourth-order valence-corrected chi connectivity index (χ4v) is 2.10. The number of aromatic nitrogens is 2. The molecule has 21 heavy (non-hydrogen) atoms. The number of aliphatic hydroxyl groups excluding tert-OH is 1. The molecule has 0 radical (unpaired) electrons. The molecule has 1 aromatic carbocycles. The van der Waals surface area contributed by atoms with E-state index in [0.717, 1.165) is 6.07 Å². The fourth-order valence-electron chi connectivity index (χ4n) is 2.10. The minimum absolute atomic E-state index is 0.102. The maximum Gasteiger partial charge on any atom is 0.418 e. The lowest BCUT2D eigenvalue weighted by molar-refractivity contribution is -0.136. The van der Waals surface area contributed by atoms with Crippen molar-refractivity contribution >= 4 is 10.9 Å². The number of halogens is 3. The van der Waals surface area contributed by atoms with E-state index in [1.54, 1.807) is 0 Å². The molecule has 0 aliphatic carbocycles. The van der Waals surface area contributed by atoms with Gasteiger partial charge in [-0.25, -0.2) is 0 Å². The number of aromatic amines is 1. The third-order valence-electron chi connectivity index (χ3n) is 3.14. The van der Waals surface area contributed by atoms with Crippen molar-refractivity contribution in [2.24, 2.45) is 0 Å². The van der Waals surface area contributed by atoms with Gasteiger partial charge in [-0.05, 0) is 32.4 Å². The molecule has 4 nitrogen and oxygen atoms in total. The average Bonchev–Trinajstić information content (AvgIpc) is 2.81. The Balaban J connectivity index is 2.36. The smallest absolute Gasteiger partial charge is 0.387 e. The number of alkyl halides is 3. The van der Waals surface area contributed by atoms with Gasteiger partial charge in [-0.3, -0.25) is 5.10 Å². The van der Waals surface area contributed by atoms with Crippen LogP contribution in [0.4, 0.5) is 13.2 Å². The fraction of sp³-hybridized carbons (Fsp3) is 0.500. The van der Waals surface area contributed by atoms with Gasteiger partial charge in [0.05, 0.1) is 23.4 Å². The second kappa shape index (κ2) is 5.31. The van der Waals surface area contributed by atoms with Gasteiger partial charge in [0, 0.05) is 17.5 Å².